The highest BCUT2D eigenvalue weighted by Crippen LogP contribution is 2.38. The summed E-state index contributed by atoms with van der Waals surface area (Å²) in [7, 11) is 0. The normalized spacial score (nSPS) is 16.7. The number of hydrogen-bond acceptors (Lipinski definition) is 6. The number of aliphatic imine (C=N–C) groups is 2. The Hall–Kier alpha value is -5.10. The second-order valence-electron chi connectivity index (χ2n) is 15.8. The maximum atomic E-state index is 11.4. The first-order chi connectivity index (χ1) is 24.7. The molecule has 2 atom stereocenters. The molecular formula is C46H54N2O4. The maximum Gasteiger partial charge on any atom is 0.128 e. The van der Waals surface area contributed by atoms with Gasteiger partial charge in [-0.3, -0.25) is 9.98 Å². The fourth-order valence-electron chi connectivity index (χ4n) is 6.39. The molecule has 1 aliphatic rings. The maximum absolute atomic E-state index is 11.4. The molecule has 5 rings (SSSR count). The van der Waals surface area contributed by atoms with E-state index in [9.17, 15) is 10.2 Å². The first-order valence-electron chi connectivity index (χ1n) is 18.2. The highest BCUT2D eigenvalue weighted by atomic mass is 16.5. The fraction of sp³-hybridized carbons (Fsp3) is 0.348. The zero-order valence-corrected chi connectivity index (χ0v) is 31.7. The molecular weight excluding hydrogens is 645 g/mol. The van der Waals surface area contributed by atoms with Crippen molar-refractivity contribution in [2.75, 3.05) is 0 Å². The van der Waals surface area contributed by atoms with Crippen molar-refractivity contribution in [2.24, 2.45) is 9.98 Å². The minimum Gasteiger partial charge on any atom is -0.507 e. The summed E-state index contributed by atoms with van der Waals surface area (Å²) in [5, 5.41) is 22.8. The lowest BCUT2D eigenvalue weighted by Gasteiger charge is -2.26. The van der Waals surface area contributed by atoms with Gasteiger partial charge in [0.15, 0.2) is 0 Å². The molecule has 0 radical (unpaired) electrons. The largest absolute Gasteiger partial charge is 0.507 e. The number of rotatable bonds is 12. The van der Waals surface area contributed by atoms with Gasteiger partial charge in [0.25, 0.3) is 0 Å². The summed E-state index contributed by atoms with van der Waals surface area (Å²) >= 11 is 0. The summed E-state index contributed by atoms with van der Waals surface area (Å²) in [4.78, 5) is 10.0. The van der Waals surface area contributed by atoms with Crippen LogP contribution in [0.1, 0.15) is 112 Å². The molecule has 4 aromatic rings. The molecule has 272 valence electrons. The molecule has 0 spiro atoms. The Balaban J connectivity index is 1.38. The number of hydrogen-bond donors (Lipinski definition) is 2. The van der Waals surface area contributed by atoms with Gasteiger partial charge in [-0.25, -0.2) is 0 Å². The molecule has 0 aromatic heterocycles. The Morgan fingerprint density at radius 1 is 0.615 bits per heavy atom. The Morgan fingerprint density at radius 3 is 1.31 bits per heavy atom. The summed E-state index contributed by atoms with van der Waals surface area (Å²) in [5.41, 5.74) is 6.43. The van der Waals surface area contributed by atoms with Gasteiger partial charge in [-0.1, -0.05) is 128 Å². The molecule has 52 heavy (non-hydrogen) atoms. The van der Waals surface area contributed by atoms with Crippen LogP contribution in [0, 0.1) is 0 Å². The smallest absolute Gasteiger partial charge is 0.128 e. The second-order valence-corrected chi connectivity index (χ2v) is 15.8. The first kappa shape index (κ1) is 38.1. The summed E-state index contributed by atoms with van der Waals surface area (Å²) < 4.78 is 12.5. The van der Waals surface area contributed by atoms with Crippen LogP contribution in [-0.4, -0.2) is 34.7 Å². The van der Waals surface area contributed by atoms with Gasteiger partial charge in [0.2, 0.25) is 0 Å². The van der Waals surface area contributed by atoms with Crippen LogP contribution in [0.5, 0.6) is 23.0 Å². The standard InChI is InChI=1S/C46H54N2O4/c1-9-31-15-19-33(20-16-31)29-51-37-23-35(43(49)39(25-37)45(3,4)5)27-47-41-13-11-12-14-42(41)48-28-36-24-38(26-40(44(36)50)46(6,7)8)52-30-34-21-17-32(10-2)18-22-34/h9-10,15-28,41-42,49-50H,1-2,11-14,29-30H2,3-8H3/t41-,42-/m1/s1. The van der Waals surface area contributed by atoms with Crippen molar-refractivity contribution < 1.29 is 19.7 Å². The van der Waals surface area contributed by atoms with Gasteiger partial charge in [0, 0.05) is 34.7 Å². The van der Waals surface area contributed by atoms with Crippen molar-refractivity contribution in [1.29, 1.82) is 0 Å². The topological polar surface area (TPSA) is 83.6 Å². The zero-order chi connectivity index (χ0) is 37.5. The molecule has 0 aliphatic heterocycles. The van der Waals surface area contributed by atoms with Gasteiger partial charge in [0.05, 0.1) is 12.1 Å². The van der Waals surface area contributed by atoms with Crippen molar-refractivity contribution >= 4 is 24.6 Å². The van der Waals surface area contributed by atoms with E-state index in [1.54, 1.807) is 12.4 Å². The molecule has 1 fully saturated rings. The van der Waals surface area contributed by atoms with Crippen LogP contribution >= 0.6 is 0 Å². The predicted molar refractivity (Wildman–Crippen MR) is 217 cm³/mol. The molecule has 0 amide bonds. The van der Waals surface area contributed by atoms with E-state index >= 15 is 0 Å². The molecule has 0 saturated heterocycles. The molecule has 4 aromatic carbocycles. The third-order valence-electron chi connectivity index (χ3n) is 9.59. The Kier molecular flexibility index (Phi) is 12.1. The molecule has 6 nitrogen and oxygen atoms in total. The third kappa shape index (κ3) is 9.81. The van der Waals surface area contributed by atoms with E-state index in [0.29, 0.717) is 35.8 Å². The molecule has 6 heteroatoms. The fourth-order valence-corrected chi connectivity index (χ4v) is 6.39. The summed E-state index contributed by atoms with van der Waals surface area (Å²) in [6.07, 6.45) is 11.1. The number of phenols is 2. The van der Waals surface area contributed by atoms with E-state index in [1.807, 2.05) is 84.9 Å². The lowest BCUT2D eigenvalue weighted by atomic mass is 9.85. The van der Waals surface area contributed by atoms with Gasteiger partial charge in [-0.05, 0) is 70.2 Å². The Labute approximate surface area is 310 Å². The van der Waals surface area contributed by atoms with Crippen LogP contribution in [0.15, 0.2) is 95.9 Å². The Morgan fingerprint density at radius 2 is 0.981 bits per heavy atom. The molecule has 2 N–H and O–H groups in total. The quantitative estimate of drug-likeness (QED) is 0.144. The third-order valence-corrected chi connectivity index (χ3v) is 9.59. The van der Waals surface area contributed by atoms with E-state index < -0.39 is 0 Å². The number of aromatic hydroxyl groups is 2. The number of nitrogens with zero attached hydrogens (tertiary/aromatic N) is 2. The van der Waals surface area contributed by atoms with Crippen LogP contribution in [0.4, 0.5) is 0 Å². The van der Waals surface area contributed by atoms with Crippen LogP contribution in [0.25, 0.3) is 12.2 Å². The van der Waals surface area contributed by atoms with Crippen LogP contribution in [0.3, 0.4) is 0 Å². The lowest BCUT2D eigenvalue weighted by Crippen LogP contribution is -2.27. The summed E-state index contributed by atoms with van der Waals surface area (Å²) in [6, 6.07) is 23.6. The van der Waals surface area contributed by atoms with Crippen molar-refractivity contribution in [2.45, 2.75) is 103 Å². The highest BCUT2D eigenvalue weighted by molar-refractivity contribution is 5.86. The minimum absolute atomic E-state index is 0.0716. The summed E-state index contributed by atoms with van der Waals surface area (Å²) in [6.45, 7) is 20.9. The van der Waals surface area contributed by atoms with Gasteiger partial charge < -0.3 is 19.7 Å². The molecule has 0 unspecified atom stereocenters. The van der Waals surface area contributed by atoms with E-state index in [4.69, 9.17) is 19.5 Å². The Bertz CT molecular complexity index is 1770. The van der Waals surface area contributed by atoms with E-state index in [1.165, 1.54) is 0 Å². The van der Waals surface area contributed by atoms with Crippen molar-refractivity contribution in [3.05, 3.63) is 130 Å². The first-order valence-corrected chi connectivity index (χ1v) is 18.2. The van der Waals surface area contributed by atoms with E-state index in [-0.39, 0.29) is 34.4 Å². The van der Waals surface area contributed by atoms with Crippen molar-refractivity contribution in [3.8, 4) is 23.0 Å². The van der Waals surface area contributed by atoms with Crippen molar-refractivity contribution in [3.63, 3.8) is 0 Å². The van der Waals surface area contributed by atoms with Gasteiger partial charge in [-0.15, -0.1) is 0 Å². The summed E-state index contributed by atoms with van der Waals surface area (Å²) in [5.74, 6) is 1.78. The van der Waals surface area contributed by atoms with Crippen LogP contribution in [0.2, 0.25) is 0 Å². The van der Waals surface area contributed by atoms with Gasteiger partial charge in [-0.2, -0.15) is 0 Å². The van der Waals surface area contributed by atoms with E-state index in [2.05, 4.69) is 54.7 Å². The average Bonchev–Trinajstić information content (AvgIpc) is 3.12. The number of phenolic OH excluding ortho intramolecular Hbond substituents is 2. The number of benzene rings is 4. The second kappa shape index (κ2) is 16.5. The highest BCUT2D eigenvalue weighted by Gasteiger charge is 2.26. The van der Waals surface area contributed by atoms with Gasteiger partial charge in [0.1, 0.15) is 36.2 Å². The van der Waals surface area contributed by atoms with Crippen LogP contribution in [-0.2, 0) is 24.0 Å². The zero-order valence-electron chi connectivity index (χ0n) is 31.7. The minimum atomic E-state index is -0.308. The SMILES string of the molecule is C=Cc1ccc(COc2cc(C=N[C@@H]3CCCC[C@H]3N=Cc3cc(OCc4ccc(C=C)cc4)cc(C(C)(C)C)c3O)c(O)c(C(C)(C)C)c2)cc1. The predicted octanol–water partition coefficient (Wildman–Crippen LogP) is 11.0. The van der Waals surface area contributed by atoms with Crippen LogP contribution < -0.4 is 9.47 Å². The van der Waals surface area contributed by atoms with Gasteiger partial charge >= 0.3 is 0 Å². The lowest BCUT2D eigenvalue weighted by molar-refractivity contribution is 0.304. The number of ether oxygens (including phenoxy) is 2. The molecule has 1 aliphatic carbocycles. The molecule has 0 heterocycles. The average molecular weight is 699 g/mol. The molecule has 1 saturated carbocycles. The molecule has 0 bridgehead atoms. The van der Waals surface area contributed by atoms with Crippen molar-refractivity contribution in [1.82, 2.24) is 0 Å². The van der Waals surface area contributed by atoms with E-state index in [0.717, 1.165) is 59.1 Å². The monoisotopic (exact) mass is 698 g/mol.